The summed E-state index contributed by atoms with van der Waals surface area (Å²) in [6.07, 6.45) is 0.101. The van der Waals surface area contributed by atoms with Crippen LogP contribution in [-0.4, -0.2) is 34.0 Å². The number of nitrogens with zero attached hydrogens (tertiary/aromatic N) is 1. The fourth-order valence-electron chi connectivity index (χ4n) is 2.72. The minimum Gasteiger partial charge on any atom is -0.497 e. The van der Waals surface area contributed by atoms with Crippen LogP contribution >= 0.6 is 11.6 Å². The van der Waals surface area contributed by atoms with Gasteiger partial charge in [0.05, 0.1) is 12.0 Å². The van der Waals surface area contributed by atoms with Gasteiger partial charge >= 0.3 is 0 Å². The standard InChI is InChI=1S/C17H17ClN2O4S/c1-24-15-4-2-3-14(10-15)20-11-13(9-17(20)21)19-25(22,23)16-7-5-12(18)6-8-16/h2-8,10,13,19H,9,11H2,1H3. The first-order chi connectivity index (χ1) is 11.9. The van der Waals surface area contributed by atoms with Crippen LogP contribution in [0.15, 0.2) is 53.4 Å². The molecule has 0 aromatic heterocycles. The van der Waals surface area contributed by atoms with Crippen molar-refractivity contribution in [1.82, 2.24) is 4.72 Å². The third kappa shape index (κ3) is 3.95. The van der Waals surface area contributed by atoms with E-state index in [4.69, 9.17) is 16.3 Å². The maximum atomic E-state index is 12.4. The molecule has 0 bridgehead atoms. The summed E-state index contributed by atoms with van der Waals surface area (Å²) in [5.41, 5.74) is 0.678. The highest BCUT2D eigenvalue weighted by atomic mass is 35.5. The number of rotatable bonds is 5. The van der Waals surface area contributed by atoms with E-state index < -0.39 is 16.1 Å². The van der Waals surface area contributed by atoms with E-state index in [1.54, 1.807) is 36.3 Å². The van der Waals surface area contributed by atoms with Crippen LogP contribution in [0.2, 0.25) is 5.02 Å². The largest absolute Gasteiger partial charge is 0.497 e. The SMILES string of the molecule is COc1cccc(N2CC(NS(=O)(=O)c3ccc(Cl)cc3)CC2=O)c1. The molecule has 132 valence electrons. The molecule has 1 fully saturated rings. The zero-order valence-corrected chi connectivity index (χ0v) is 15.0. The molecular formula is C17H17ClN2O4S. The van der Waals surface area contributed by atoms with Gasteiger partial charge in [0.25, 0.3) is 0 Å². The van der Waals surface area contributed by atoms with Crippen LogP contribution in [0.5, 0.6) is 5.75 Å². The molecule has 25 heavy (non-hydrogen) atoms. The van der Waals surface area contributed by atoms with Crippen molar-refractivity contribution in [3.63, 3.8) is 0 Å². The van der Waals surface area contributed by atoms with E-state index in [1.165, 1.54) is 24.3 Å². The van der Waals surface area contributed by atoms with Crippen molar-refractivity contribution in [1.29, 1.82) is 0 Å². The second-order valence-corrected chi connectivity index (χ2v) is 7.83. The third-order valence-corrected chi connectivity index (χ3v) is 5.72. The van der Waals surface area contributed by atoms with Gasteiger partial charge in [-0.3, -0.25) is 4.79 Å². The number of hydrogen-bond donors (Lipinski definition) is 1. The molecule has 3 rings (SSSR count). The molecule has 2 aromatic rings. The van der Waals surface area contributed by atoms with Crippen molar-refractivity contribution >= 4 is 33.2 Å². The van der Waals surface area contributed by atoms with Gasteiger partial charge in [0, 0.05) is 35.8 Å². The van der Waals surface area contributed by atoms with Crippen molar-refractivity contribution in [2.75, 3.05) is 18.6 Å². The molecule has 1 amide bonds. The lowest BCUT2D eigenvalue weighted by molar-refractivity contribution is -0.117. The summed E-state index contributed by atoms with van der Waals surface area (Å²) in [6, 6.07) is 12.5. The van der Waals surface area contributed by atoms with Crippen LogP contribution in [0, 0.1) is 0 Å². The molecule has 0 aliphatic carbocycles. The number of sulfonamides is 1. The van der Waals surface area contributed by atoms with Crippen molar-refractivity contribution < 1.29 is 17.9 Å². The molecule has 8 heteroatoms. The van der Waals surface area contributed by atoms with E-state index in [0.29, 0.717) is 16.5 Å². The Morgan fingerprint density at radius 1 is 1.20 bits per heavy atom. The number of methoxy groups -OCH3 is 1. The molecule has 1 atom stereocenters. The number of hydrogen-bond acceptors (Lipinski definition) is 4. The van der Waals surface area contributed by atoms with Gasteiger partial charge in [0.15, 0.2) is 0 Å². The normalized spacial score (nSPS) is 17.8. The molecule has 0 spiro atoms. The lowest BCUT2D eigenvalue weighted by atomic mass is 10.3. The molecule has 0 radical (unpaired) electrons. The second kappa shape index (κ2) is 7.03. The van der Waals surface area contributed by atoms with Gasteiger partial charge in [-0.25, -0.2) is 13.1 Å². The highest BCUT2D eigenvalue weighted by Crippen LogP contribution is 2.26. The van der Waals surface area contributed by atoms with Gasteiger partial charge in [0.1, 0.15) is 5.75 Å². The second-order valence-electron chi connectivity index (χ2n) is 5.68. The fraction of sp³-hybridized carbons (Fsp3) is 0.235. The Morgan fingerprint density at radius 3 is 2.60 bits per heavy atom. The average Bonchev–Trinajstić information content (AvgIpc) is 2.95. The summed E-state index contributed by atoms with van der Waals surface area (Å²) < 4.78 is 32.6. The maximum absolute atomic E-state index is 12.4. The number of benzene rings is 2. The molecule has 1 N–H and O–H groups in total. The zero-order valence-electron chi connectivity index (χ0n) is 13.5. The van der Waals surface area contributed by atoms with Crippen LogP contribution in [0.25, 0.3) is 0 Å². The Hall–Kier alpha value is -2.09. The summed E-state index contributed by atoms with van der Waals surface area (Å²) in [4.78, 5) is 14.0. The highest BCUT2D eigenvalue weighted by Gasteiger charge is 2.33. The van der Waals surface area contributed by atoms with Crippen molar-refractivity contribution in [3.8, 4) is 5.75 Å². The lowest BCUT2D eigenvalue weighted by Crippen LogP contribution is -2.37. The highest BCUT2D eigenvalue weighted by molar-refractivity contribution is 7.89. The molecular weight excluding hydrogens is 364 g/mol. The maximum Gasteiger partial charge on any atom is 0.240 e. The number of ether oxygens (including phenoxy) is 1. The van der Waals surface area contributed by atoms with Gasteiger partial charge < -0.3 is 9.64 Å². The van der Waals surface area contributed by atoms with Gasteiger partial charge in [-0.15, -0.1) is 0 Å². The first-order valence-electron chi connectivity index (χ1n) is 7.61. The topological polar surface area (TPSA) is 75.7 Å². The van der Waals surface area contributed by atoms with E-state index in [-0.39, 0.29) is 23.8 Å². The number of carbonyl (C=O) groups is 1. The Kier molecular flexibility index (Phi) is 4.99. The summed E-state index contributed by atoms with van der Waals surface area (Å²) in [7, 11) is -2.16. The average molecular weight is 381 g/mol. The molecule has 0 saturated carbocycles. The van der Waals surface area contributed by atoms with E-state index in [0.717, 1.165) is 0 Å². The Labute approximate surface area is 151 Å². The Morgan fingerprint density at radius 2 is 1.92 bits per heavy atom. The van der Waals surface area contributed by atoms with E-state index >= 15 is 0 Å². The summed E-state index contributed by atoms with van der Waals surface area (Å²) in [5.74, 6) is 0.493. The summed E-state index contributed by atoms with van der Waals surface area (Å²) >= 11 is 5.79. The first-order valence-corrected chi connectivity index (χ1v) is 9.47. The number of anilines is 1. The molecule has 1 aliphatic heterocycles. The van der Waals surface area contributed by atoms with Crippen LogP contribution in [-0.2, 0) is 14.8 Å². The molecule has 2 aromatic carbocycles. The van der Waals surface area contributed by atoms with Gasteiger partial charge in [-0.05, 0) is 36.4 Å². The molecule has 1 unspecified atom stereocenters. The van der Waals surface area contributed by atoms with Gasteiger partial charge in [-0.1, -0.05) is 17.7 Å². The lowest BCUT2D eigenvalue weighted by Gasteiger charge is -2.18. The van der Waals surface area contributed by atoms with Crippen molar-refractivity contribution in [3.05, 3.63) is 53.6 Å². The summed E-state index contributed by atoms with van der Waals surface area (Å²) in [5, 5.41) is 0.458. The van der Waals surface area contributed by atoms with Crippen LogP contribution in [0.1, 0.15) is 6.42 Å². The number of nitrogens with one attached hydrogen (secondary N) is 1. The minimum atomic E-state index is -3.71. The predicted octanol–water partition coefficient (Wildman–Crippen LogP) is 2.43. The van der Waals surface area contributed by atoms with E-state index in [1.807, 2.05) is 0 Å². The molecule has 1 saturated heterocycles. The number of carbonyl (C=O) groups excluding carboxylic acids is 1. The van der Waals surface area contributed by atoms with Crippen LogP contribution < -0.4 is 14.4 Å². The van der Waals surface area contributed by atoms with Crippen molar-refractivity contribution in [2.45, 2.75) is 17.4 Å². The first kappa shape index (κ1) is 17.7. The van der Waals surface area contributed by atoms with Crippen LogP contribution in [0.3, 0.4) is 0 Å². The van der Waals surface area contributed by atoms with E-state index in [2.05, 4.69) is 4.72 Å². The van der Waals surface area contributed by atoms with Crippen molar-refractivity contribution in [2.24, 2.45) is 0 Å². The molecule has 6 nitrogen and oxygen atoms in total. The fourth-order valence-corrected chi connectivity index (χ4v) is 4.07. The number of amides is 1. The predicted molar refractivity (Wildman–Crippen MR) is 95.5 cm³/mol. The quantitative estimate of drug-likeness (QED) is 0.864. The summed E-state index contributed by atoms with van der Waals surface area (Å²) in [6.45, 7) is 0.263. The molecule has 1 aliphatic rings. The Balaban J connectivity index is 1.75. The smallest absolute Gasteiger partial charge is 0.240 e. The monoisotopic (exact) mass is 380 g/mol. The third-order valence-electron chi connectivity index (χ3n) is 3.94. The molecule has 1 heterocycles. The van der Waals surface area contributed by atoms with Gasteiger partial charge in [-0.2, -0.15) is 0 Å². The zero-order chi connectivity index (χ0) is 18.0. The minimum absolute atomic E-state index is 0.101. The van der Waals surface area contributed by atoms with E-state index in [9.17, 15) is 13.2 Å². The Bertz CT molecular complexity index is 884. The van der Waals surface area contributed by atoms with Crippen LogP contribution in [0.4, 0.5) is 5.69 Å². The number of halogens is 1. The van der Waals surface area contributed by atoms with Gasteiger partial charge in [0.2, 0.25) is 15.9 Å².